The van der Waals surface area contributed by atoms with E-state index in [1.165, 1.54) is 0 Å². The molecule has 4 nitrogen and oxygen atoms in total. The lowest BCUT2D eigenvalue weighted by Crippen LogP contribution is -2.26. The number of benzene rings is 1. The second kappa shape index (κ2) is 7.50. The maximum absolute atomic E-state index is 11.6. The molecule has 1 atom stereocenters. The van der Waals surface area contributed by atoms with E-state index in [-0.39, 0.29) is 17.5 Å². The highest BCUT2D eigenvalue weighted by molar-refractivity contribution is 7.91. The van der Waals surface area contributed by atoms with Gasteiger partial charge in [-0.15, -0.1) is 0 Å². The second-order valence-electron chi connectivity index (χ2n) is 4.60. The molecule has 0 aromatic heterocycles. The fraction of sp³-hybridized carbons (Fsp3) is 0.571. The minimum absolute atomic E-state index is 0.128. The average molecular weight is 285 g/mol. The van der Waals surface area contributed by atoms with E-state index in [9.17, 15) is 8.42 Å². The Morgan fingerprint density at radius 3 is 2.37 bits per heavy atom. The molecular weight excluding hydrogens is 262 g/mol. The van der Waals surface area contributed by atoms with Gasteiger partial charge in [-0.25, -0.2) is 8.42 Å². The van der Waals surface area contributed by atoms with Crippen LogP contribution in [0.3, 0.4) is 0 Å². The van der Waals surface area contributed by atoms with Crippen LogP contribution in [0.4, 0.5) is 0 Å². The highest BCUT2D eigenvalue weighted by atomic mass is 32.2. The molecule has 0 heterocycles. The minimum Gasteiger partial charge on any atom is -0.497 e. The first kappa shape index (κ1) is 16.0. The Morgan fingerprint density at radius 2 is 1.84 bits per heavy atom. The molecule has 5 heteroatoms. The van der Waals surface area contributed by atoms with Gasteiger partial charge < -0.3 is 10.1 Å². The van der Waals surface area contributed by atoms with Crippen molar-refractivity contribution in [3.8, 4) is 5.75 Å². The Morgan fingerprint density at radius 1 is 1.21 bits per heavy atom. The molecule has 1 aromatic carbocycles. The van der Waals surface area contributed by atoms with Crippen LogP contribution >= 0.6 is 0 Å². The highest BCUT2D eigenvalue weighted by Gasteiger charge is 2.10. The molecule has 0 fully saturated rings. The molecule has 1 aromatic rings. The Bertz CT molecular complexity index is 468. The van der Waals surface area contributed by atoms with Crippen molar-refractivity contribution in [2.75, 3.05) is 25.2 Å². The van der Waals surface area contributed by atoms with E-state index >= 15 is 0 Å². The average Bonchev–Trinajstić information content (AvgIpc) is 2.38. The fourth-order valence-corrected chi connectivity index (χ4v) is 3.11. The normalized spacial score (nSPS) is 13.2. The van der Waals surface area contributed by atoms with Gasteiger partial charge >= 0.3 is 0 Å². The summed E-state index contributed by atoms with van der Waals surface area (Å²) in [6, 6.07) is 7.90. The predicted molar refractivity (Wildman–Crippen MR) is 78.4 cm³/mol. The molecule has 1 N–H and O–H groups in total. The van der Waals surface area contributed by atoms with Crippen molar-refractivity contribution in [3.05, 3.63) is 29.8 Å². The fourth-order valence-electron chi connectivity index (χ4n) is 1.85. The highest BCUT2D eigenvalue weighted by Crippen LogP contribution is 2.16. The maximum Gasteiger partial charge on any atom is 0.151 e. The molecule has 0 amide bonds. The summed E-state index contributed by atoms with van der Waals surface area (Å²) in [5, 5.41) is 3.23. The summed E-state index contributed by atoms with van der Waals surface area (Å²) in [6.45, 7) is 4.38. The summed E-state index contributed by atoms with van der Waals surface area (Å²) in [7, 11) is -1.27. The van der Waals surface area contributed by atoms with Gasteiger partial charge in [0.25, 0.3) is 0 Å². The molecule has 0 saturated heterocycles. The topological polar surface area (TPSA) is 55.4 Å². The van der Waals surface area contributed by atoms with Gasteiger partial charge in [-0.1, -0.05) is 19.1 Å². The van der Waals surface area contributed by atoms with Gasteiger partial charge in [-0.2, -0.15) is 0 Å². The quantitative estimate of drug-likeness (QED) is 0.795. The number of nitrogens with one attached hydrogen (secondary N) is 1. The van der Waals surface area contributed by atoms with E-state index in [4.69, 9.17) is 4.74 Å². The number of rotatable bonds is 8. The van der Waals surface area contributed by atoms with E-state index in [1.54, 1.807) is 7.11 Å². The van der Waals surface area contributed by atoms with Crippen LogP contribution in [0.15, 0.2) is 24.3 Å². The molecule has 0 aliphatic heterocycles. The van der Waals surface area contributed by atoms with Crippen molar-refractivity contribution in [2.45, 2.75) is 26.3 Å². The van der Waals surface area contributed by atoms with Crippen LogP contribution in [-0.4, -0.2) is 33.6 Å². The zero-order valence-corrected chi connectivity index (χ0v) is 12.7. The molecule has 0 saturated carbocycles. The van der Waals surface area contributed by atoms with Crippen molar-refractivity contribution in [2.24, 2.45) is 0 Å². The van der Waals surface area contributed by atoms with Crippen LogP contribution in [0.25, 0.3) is 0 Å². The van der Waals surface area contributed by atoms with Gasteiger partial charge in [0.2, 0.25) is 0 Å². The molecule has 0 aliphatic rings. The molecule has 108 valence electrons. The summed E-state index contributed by atoms with van der Waals surface area (Å²) in [6.07, 6.45) is 0.677. The van der Waals surface area contributed by atoms with Gasteiger partial charge in [0.1, 0.15) is 5.75 Å². The zero-order chi connectivity index (χ0) is 14.3. The predicted octanol–water partition coefficient (Wildman–Crippen LogP) is 2.17. The monoisotopic (exact) mass is 285 g/mol. The molecule has 0 unspecified atom stereocenters. The van der Waals surface area contributed by atoms with E-state index in [2.05, 4.69) is 5.32 Å². The number of ether oxygens (including phenoxy) is 1. The number of hydrogen-bond acceptors (Lipinski definition) is 4. The lowest BCUT2D eigenvalue weighted by Gasteiger charge is -2.14. The van der Waals surface area contributed by atoms with Crippen molar-refractivity contribution >= 4 is 9.84 Å². The van der Waals surface area contributed by atoms with Crippen LogP contribution in [0.1, 0.15) is 31.9 Å². The van der Waals surface area contributed by atoms with E-state index in [1.807, 2.05) is 38.1 Å². The van der Waals surface area contributed by atoms with Crippen molar-refractivity contribution in [3.63, 3.8) is 0 Å². The first-order valence-electron chi connectivity index (χ1n) is 6.56. The largest absolute Gasteiger partial charge is 0.497 e. The van der Waals surface area contributed by atoms with Gasteiger partial charge in [-0.05, 0) is 31.0 Å². The zero-order valence-electron chi connectivity index (χ0n) is 11.8. The number of hydrogen-bond donors (Lipinski definition) is 1. The molecule has 0 bridgehead atoms. The second-order valence-corrected chi connectivity index (χ2v) is 6.90. The summed E-state index contributed by atoms with van der Waals surface area (Å²) < 4.78 is 28.3. The van der Waals surface area contributed by atoms with E-state index in [0.717, 1.165) is 11.3 Å². The first-order chi connectivity index (χ1) is 8.98. The Hall–Kier alpha value is -1.07. The van der Waals surface area contributed by atoms with E-state index in [0.29, 0.717) is 13.0 Å². The molecule has 0 spiro atoms. The molecule has 0 radical (unpaired) electrons. The van der Waals surface area contributed by atoms with Gasteiger partial charge in [0, 0.05) is 18.3 Å². The minimum atomic E-state index is -2.90. The third kappa shape index (κ3) is 5.61. The molecular formula is C14H23NO3S. The van der Waals surface area contributed by atoms with Crippen molar-refractivity contribution in [1.82, 2.24) is 5.32 Å². The van der Waals surface area contributed by atoms with Crippen LogP contribution in [0.2, 0.25) is 0 Å². The van der Waals surface area contributed by atoms with Crippen LogP contribution < -0.4 is 10.1 Å². The Balaban J connectivity index is 2.44. The van der Waals surface area contributed by atoms with Gasteiger partial charge in [0.15, 0.2) is 9.84 Å². The summed E-state index contributed by atoms with van der Waals surface area (Å²) >= 11 is 0. The van der Waals surface area contributed by atoms with Crippen molar-refractivity contribution < 1.29 is 13.2 Å². The third-order valence-electron chi connectivity index (χ3n) is 2.99. The lowest BCUT2D eigenvalue weighted by molar-refractivity contribution is 0.414. The molecule has 0 aliphatic carbocycles. The Labute approximate surface area is 116 Å². The number of methoxy groups -OCH3 is 1. The SMILES string of the molecule is CCCS(=O)(=O)CCN[C@@H](C)c1ccc(OC)cc1. The summed E-state index contributed by atoms with van der Waals surface area (Å²) in [5.74, 6) is 1.29. The number of sulfone groups is 1. The standard InChI is InChI=1S/C14H23NO3S/c1-4-10-19(16,17)11-9-15-12(2)13-5-7-14(18-3)8-6-13/h5-8,12,15H,4,9-11H2,1-3H3/t12-/m0/s1. The smallest absolute Gasteiger partial charge is 0.151 e. The Kier molecular flexibility index (Phi) is 6.31. The van der Waals surface area contributed by atoms with Crippen LogP contribution in [0, 0.1) is 0 Å². The van der Waals surface area contributed by atoms with Crippen molar-refractivity contribution in [1.29, 1.82) is 0 Å². The summed E-state index contributed by atoms with van der Waals surface area (Å²) in [4.78, 5) is 0. The van der Waals surface area contributed by atoms with Gasteiger partial charge in [-0.3, -0.25) is 0 Å². The lowest BCUT2D eigenvalue weighted by atomic mass is 10.1. The first-order valence-corrected chi connectivity index (χ1v) is 8.38. The molecule has 19 heavy (non-hydrogen) atoms. The van der Waals surface area contributed by atoms with Crippen LogP contribution in [0.5, 0.6) is 5.75 Å². The summed E-state index contributed by atoms with van der Waals surface area (Å²) in [5.41, 5.74) is 1.12. The van der Waals surface area contributed by atoms with E-state index < -0.39 is 9.84 Å². The van der Waals surface area contributed by atoms with Gasteiger partial charge in [0.05, 0.1) is 12.9 Å². The maximum atomic E-state index is 11.6. The third-order valence-corrected chi connectivity index (χ3v) is 4.85. The molecule has 1 rings (SSSR count). The van der Waals surface area contributed by atoms with Crippen LogP contribution in [-0.2, 0) is 9.84 Å².